The molecule has 1 N–H and O–H groups in total. The molecular weight excluding hydrogens is 415 g/mol. The summed E-state index contributed by atoms with van der Waals surface area (Å²) in [6.07, 6.45) is 1.42. The highest BCUT2D eigenvalue weighted by molar-refractivity contribution is 9.10. The zero-order valence-corrected chi connectivity index (χ0v) is 17.4. The fraction of sp³-hybridized carbons (Fsp3) is 0.211. The number of aromatic nitrogens is 3. The summed E-state index contributed by atoms with van der Waals surface area (Å²) >= 11 is 4.83. The van der Waals surface area contributed by atoms with E-state index in [1.54, 1.807) is 22.9 Å². The average molecular weight is 435 g/mol. The predicted molar refractivity (Wildman–Crippen MR) is 113 cm³/mol. The van der Waals surface area contributed by atoms with Crippen molar-refractivity contribution in [2.75, 3.05) is 5.32 Å². The van der Waals surface area contributed by atoms with Gasteiger partial charge in [-0.3, -0.25) is 0 Å². The van der Waals surface area contributed by atoms with E-state index in [4.69, 9.17) is 0 Å². The van der Waals surface area contributed by atoms with Crippen LogP contribution in [0.15, 0.2) is 46.6 Å². The predicted octanol–water partition coefficient (Wildman–Crippen LogP) is 6.94. The lowest BCUT2D eigenvalue weighted by molar-refractivity contribution is 0.638. The molecule has 2 heterocycles. The number of hydrogen-bond donors (Lipinski definition) is 1. The van der Waals surface area contributed by atoms with Crippen molar-refractivity contribution in [2.45, 2.75) is 27.7 Å². The summed E-state index contributed by atoms with van der Waals surface area (Å²) in [6.45, 7) is 8.00. The highest BCUT2D eigenvalue weighted by atomic mass is 79.9. The summed E-state index contributed by atoms with van der Waals surface area (Å²) < 4.78 is 16.0. The quantitative estimate of drug-likeness (QED) is 0.371. The van der Waals surface area contributed by atoms with Crippen LogP contribution < -0.4 is 5.32 Å². The third kappa shape index (κ3) is 4.34. The van der Waals surface area contributed by atoms with Crippen molar-refractivity contribution < 1.29 is 4.39 Å². The molecule has 0 amide bonds. The second kappa shape index (κ2) is 9.54. The summed E-state index contributed by atoms with van der Waals surface area (Å²) in [5, 5.41) is 3.53. The summed E-state index contributed by atoms with van der Waals surface area (Å²) in [4.78, 5) is 12.5. The fourth-order valence-electron chi connectivity index (χ4n) is 2.27. The van der Waals surface area contributed by atoms with E-state index in [0.717, 1.165) is 15.9 Å². The minimum Gasteiger partial charge on any atom is -0.339 e. The zero-order valence-electron chi connectivity index (χ0n) is 15.0. The number of anilines is 2. The maximum absolute atomic E-state index is 14.3. The first-order chi connectivity index (χ1) is 12.7. The smallest absolute Gasteiger partial charge is 0.144 e. The van der Waals surface area contributed by atoms with Crippen molar-refractivity contribution in [3.8, 4) is 0 Å². The molecule has 2 aromatic carbocycles. The fourth-order valence-corrected chi connectivity index (χ4v) is 3.41. The molecule has 26 heavy (non-hydrogen) atoms. The SMILES string of the molecule is CC.CC.Fc1cc(Br)cc2ncnc(Nc3ccc4ncsc4c3)c12. The van der Waals surface area contributed by atoms with Gasteiger partial charge in [-0.2, -0.15) is 0 Å². The first-order valence-electron chi connectivity index (χ1n) is 8.41. The molecule has 0 atom stereocenters. The van der Waals surface area contributed by atoms with Crippen molar-refractivity contribution >= 4 is 59.9 Å². The Morgan fingerprint density at radius 1 is 0.962 bits per heavy atom. The lowest BCUT2D eigenvalue weighted by Gasteiger charge is -2.09. The van der Waals surface area contributed by atoms with Crippen LogP contribution in [0.2, 0.25) is 0 Å². The van der Waals surface area contributed by atoms with Gasteiger partial charge < -0.3 is 5.32 Å². The Hall–Kier alpha value is -2.12. The molecule has 0 bridgehead atoms. The number of fused-ring (bicyclic) bond motifs is 2. The van der Waals surface area contributed by atoms with Crippen molar-refractivity contribution in [2.24, 2.45) is 0 Å². The molecule has 0 aliphatic rings. The molecule has 4 aromatic rings. The van der Waals surface area contributed by atoms with Crippen molar-refractivity contribution in [3.05, 3.63) is 52.5 Å². The first kappa shape index (κ1) is 20.2. The molecule has 0 fully saturated rings. The second-order valence-corrected chi connectivity index (χ2v) is 6.47. The van der Waals surface area contributed by atoms with E-state index in [1.165, 1.54) is 12.4 Å². The van der Waals surface area contributed by atoms with Crippen LogP contribution in [0.4, 0.5) is 15.9 Å². The van der Waals surface area contributed by atoms with E-state index >= 15 is 0 Å². The Balaban J connectivity index is 0.000000570. The minimum absolute atomic E-state index is 0.369. The lowest BCUT2D eigenvalue weighted by Crippen LogP contribution is -1.97. The summed E-state index contributed by atoms with van der Waals surface area (Å²) in [6, 6.07) is 8.95. The number of halogens is 2. The van der Waals surface area contributed by atoms with E-state index in [-0.39, 0.29) is 5.82 Å². The number of benzene rings is 2. The monoisotopic (exact) mass is 434 g/mol. The van der Waals surface area contributed by atoms with Gasteiger partial charge in [0, 0.05) is 10.2 Å². The van der Waals surface area contributed by atoms with Crippen molar-refractivity contribution in [1.82, 2.24) is 15.0 Å². The van der Waals surface area contributed by atoms with Gasteiger partial charge in [0.05, 0.1) is 26.6 Å². The highest BCUT2D eigenvalue weighted by Crippen LogP contribution is 2.29. The standard InChI is InChI=1S/C15H8BrFN4S.2C2H6/c16-8-3-10(17)14-12(4-8)18-6-19-15(14)21-9-1-2-11-13(5-9)22-7-20-11;2*1-2/h1-7H,(H,18,19,21);2*1-2H3. The molecule has 7 heteroatoms. The molecule has 136 valence electrons. The summed E-state index contributed by atoms with van der Waals surface area (Å²) in [7, 11) is 0. The molecule has 0 aliphatic carbocycles. The Kier molecular flexibility index (Phi) is 7.41. The average Bonchev–Trinajstić information content (AvgIpc) is 3.12. The number of thiazole rings is 1. The van der Waals surface area contributed by atoms with E-state index in [1.807, 2.05) is 45.9 Å². The molecular formula is C19H20BrFN4S. The topological polar surface area (TPSA) is 50.7 Å². The van der Waals surface area contributed by atoms with Gasteiger partial charge in [-0.25, -0.2) is 19.3 Å². The Bertz CT molecular complexity index is 1000. The molecule has 0 unspecified atom stereocenters. The maximum atomic E-state index is 14.3. The third-order valence-electron chi connectivity index (χ3n) is 3.25. The van der Waals surface area contributed by atoms with Crippen LogP contribution in [-0.4, -0.2) is 15.0 Å². The second-order valence-electron chi connectivity index (χ2n) is 4.66. The van der Waals surface area contributed by atoms with Gasteiger partial charge >= 0.3 is 0 Å². The number of nitrogens with zero attached hydrogens (tertiary/aromatic N) is 3. The van der Waals surface area contributed by atoms with Crippen LogP contribution in [0.3, 0.4) is 0 Å². The van der Waals surface area contributed by atoms with Crippen molar-refractivity contribution in [1.29, 1.82) is 0 Å². The molecule has 0 saturated heterocycles. The van der Waals surface area contributed by atoms with Gasteiger partial charge in [0.2, 0.25) is 0 Å². The molecule has 2 aromatic heterocycles. The van der Waals surface area contributed by atoms with Crippen LogP contribution in [0.25, 0.3) is 21.1 Å². The minimum atomic E-state index is -0.369. The van der Waals surface area contributed by atoms with Gasteiger partial charge in [0.25, 0.3) is 0 Å². The molecule has 0 aliphatic heterocycles. The summed E-state index contributed by atoms with van der Waals surface area (Å²) in [5.41, 5.74) is 4.12. The molecule has 4 rings (SSSR count). The van der Waals surface area contributed by atoms with Crippen LogP contribution in [0.5, 0.6) is 0 Å². The van der Waals surface area contributed by atoms with Crippen LogP contribution in [-0.2, 0) is 0 Å². The Labute approximate surface area is 164 Å². The maximum Gasteiger partial charge on any atom is 0.144 e. The largest absolute Gasteiger partial charge is 0.339 e. The zero-order chi connectivity index (χ0) is 19.1. The van der Waals surface area contributed by atoms with E-state index in [9.17, 15) is 4.39 Å². The molecule has 0 radical (unpaired) electrons. The van der Waals surface area contributed by atoms with Crippen LogP contribution >= 0.6 is 27.3 Å². The van der Waals surface area contributed by atoms with Gasteiger partial charge in [-0.15, -0.1) is 11.3 Å². The number of rotatable bonds is 2. The van der Waals surface area contributed by atoms with Gasteiger partial charge in [-0.05, 0) is 30.3 Å². The first-order valence-corrected chi connectivity index (χ1v) is 10.1. The van der Waals surface area contributed by atoms with Gasteiger partial charge in [-0.1, -0.05) is 43.6 Å². The summed E-state index contributed by atoms with van der Waals surface area (Å²) in [5.74, 6) is 0.0743. The van der Waals surface area contributed by atoms with Crippen LogP contribution in [0.1, 0.15) is 27.7 Å². The highest BCUT2D eigenvalue weighted by Gasteiger charge is 2.11. The molecule has 0 saturated carbocycles. The number of nitrogens with one attached hydrogen (secondary N) is 1. The third-order valence-corrected chi connectivity index (χ3v) is 4.50. The van der Waals surface area contributed by atoms with E-state index in [2.05, 4.69) is 36.2 Å². The van der Waals surface area contributed by atoms with E-state index < -0.39 is 0 Å². The molecule has 4 nitrogen and oxygen atoms in total. The van der Waals surface area contributed by atoms with E-state index in [0.29, 0.717) is 21.2 Å². The Morgan fingerprint density at radius 3 is 2.50 bits per heavy atom. The lowest BCUT2D eigenvalue weighted by atomic mass is 10.2. The van der Waals surface area contributed by atoms with Crippen molar-refractivity contribution in [3.63, 3.8) is 0 Å². The Morgan fingerprint density at radius 2 is 1.73 bits per heavy atom. The van der Waals surface area contributed by atoms with Gasteiger partial charge in [0.15, 0.2) is 0 Å². The van der Waals surface area contributed by atoms with Crippen LogP contribution in [0, 0.1) is 5.82 Å². The van der Waals surface area contributed by atoms with Gasteiger partial charge in [0.1, 0.15) is 18.0 Å². The normalized spacial score (nSPS) is 9.92. The number of hydrogen-bond acceptors (Lipinski definition) is 5. The molecule has 0 spiro atoms.